The molecule has 7 nitrogen and oxygen atoms in total. The van der Waals surface area contributed by atoms with Gasteiger partial charge in [0.25, 0.3) is 0 Å². The SMILES string of the molecule is O=C(Nc1nc2cccc(-c3ccc(CC(=O)N4CCC(C(F)(F)F)CC4)cc3)n2n1)C1CC1. The highest BCUT2D eigenvalue weighted by molar-refractivity contribution is 5.92. The van der Waals surface area contributed by atoms with Crippen LogP contribution < -0.4 is 5.32 Å². The van der Waals surface area contributed by atoms with Crippen molar-refractivity contribution in [2.75, 3.05) is 18.4 Å². The first-order valence-electron chi connectivity index (χ1n) is 11.4. The molecule has 5 rings (SSSR count). The number of amides is 2. The summed E-state index contributed by atoms with van der Waals surface area (Å²) in [7, 11) is 0. The van der Waals surface area contributed by atoms with E-state index in [0.717, 1.165) is 29.7 Å². The van der Waals surface area contributed by atoms with Crippen molar-refractivity contribution in [3.05, 3.63) is 48.0 Å². The fourth-order valence-corrected chi connectivity index (χ4v) is 4.27. The van der Waals surface area contributed by atoms with Gasteiger partial charge in [-0.2, -0.15) is 18.2 Å². The summed E-state index contributed by atoms with van der Waals surface area (Å²) in [6, 6.07) is 13.0. The zero-order chi connectivity index (χ0) is 23.9. The topological polar surface area (TPSA) is 79.6 Å². The number of likely N-dealkylation sites (tertiary alicyclic amines) is 1. The Balaban J connectivity index is 1.25. The quantitative estimate of drug-likeness (QED) is 0.608. The molecule has 0 atom stereocenters. The van der Waals surface area contributed by atoms with E-state index in [-0.39, 0.29) is 56.0 Å². The predicted molar refractivity (Wildman–Crippen MR) is 119 cm³/mol. The molecule has 2 amide bonds. The van der Waals surface area contributed by atoms with Crippen molar-refractivity contribution >= 4 is 23.4 Å². The van der Waals surface area contributed by atoms with Gasteiger partial charge in [-0.1, -0.05) is 30.3 Å². The van der Waals surface area contributed by atoms with Crippen molar-refractivity contribution in [3.63, 3.8) is 0 Å². The van der Waals surface area contributed by atoms with Crippen LogP contribution in [0.25, 0.3) is 16.9 Å². The number of nitrogens with one attached hydrogen (secondary N) is 1. The Labute approximate surface area is 194 Å². The third-order valence-corrected chi connectivity index (χ3v) is 6.46. The number of carbonyl (C=O) groups excluding carboxylic acids is 2. The summed E-state index contributed by atoms with van der Waals surface area (Å²) >= 11 is 0. The van der Waals surface area contributed by atoms with Crippen LogP contribution in [0, 0.1) is 11.8 Å². The summed E-state index contributed by atoms with van der Waals surface area (Å²) in [5.41, 5.74) is 3.03. The maximum absolute atomic E-state index is 12.9. The first-order valence-corrected chi connectivity index (χ1v) is 11.4. The fourth-order valence-electron chi connectivity index (χ4n) is 4.27. The first-order chi connectivity index (χ1) is 16.3. The van der Waals surface area contributed by atoms with Crippen LogP contribution in [0.5, 0.6) is 0 Å². The van der Waals surface area contributed by atoms with Gasteiger partial charge in [0.15, 0.2) is 5.65 Å². The largest absolute Gasteiger partial charge is 0.391 e. The number of pyridine rings is 1. The minimum atomic E-state index is -4.19. The number of hydrogen-bond donors (Lipinski definition) is 1. The maximum Gasteiger partial charge on any atom is 0.391 e. The molecule has 1 N–H and O–H groups in total. The molecule has 0 unspecified atom stereocenters. The predicted octanol–water partition coefficient (Wildman–Crippen LogP) is 4.09. The molecule has 0 bridgehead atoms. The number of anilines is 1. The van der Waals surface area contributed by atoms with Gasteiger partial charge in [0.2, 0.25) is 17.8 Å². The van der Waals surface area contributed by atoms with Crippen LogP contribution in [-0.4, -0.2) is 50.6 Å². The number of rotatable bonds is 5. The normalized spacial score (nSPS) is 17.2. The molecule has 0 spiro atoms. The average molecular weight is 471 g/mol. The highest BCUT2D eigenvalue weighted by atomic mass is 19.4. The highest BCUT2D eigenvalue weighted by Gasteiger charge is 2.41. The zero-order valence-electron chi connectivity index (χ0n) is 18.4. The molecule has 2 fully saturated rings. The Kier molecular flexibility index (Phi) is 5.75. The molecule has 1 aliphatic heterocycles. The smallest absolute Gasteiger partial charge is 0.342 e. The molecule has 10 heteroatoms. The number of hydrogen-bond acceptors (Lipinski definition) is 4. The number of piperidine rings is 1. The summed E-state index contributed by atoms with van der Waals surface area (Å²) in [5.74, 6) is -1.23. The van der Waals surface area contributed by atoms with Gasteiger partial charge in [0, 0.05) is 24.6 Å². The maximum atomic E-state index is 12.9. The van der Waals surface area contributed by atoms with Crippen molar-refractivity contribution in [2.24, 2.45) is 11.8 Å². The number of alkyl halides is 3. The van der Waals surface area contributed by atoms with Crippen molar-refractivity contribution in [1.29, 1.82) is 0 Å². The molecule has 2 aliphatic rings. The van der Waals surface area contributed by atoms with Gasteiger partial charge in [-0.05, 0) is 43.4 Å². The second-order valence-corrected chi connectivity index (χ2v) is 8.95. The number of nitrogens with zero attached hydrogens (tertiary/aromatic N) is 4. The van der Waals surface area contributed by atoms with Crippen molar-refractivity contribution in [3.8, 4) is 11.3 Å². The Bertz CT molecular complexity index is 1210. The van der Waals surface area contributed by atoms with Crippen LogP contribution in [0.3, 0.4) is 0 Å². The van der Waals surface area contributed by atoms with E-state index in [2.05, 4.69) is 15.4 Å². The number of benzene rings is 1. The molecule has 178 valence electrons. The molecule has 1 aromatic carbocycles. The lowest BCUT2D eigenvalue weighted by molar-refractivity contribution is -0.186. The molecule has 1 saturated carbocycles. The van der Waals surface area contributed by atoms with Gasteiger partial charge in [-0.15, -0.1) is 5.10 Å². The van der Waals surface area contributed by atoms with E-state index in [1.54, 1.807) is 10.6 Å². The van der Waals surface area contributed by atoms with Crippen molar-refractivity contribution in [1.82, 2.24) is 19.5 Å². The zero-order valence-corrected chi connectivity index (χ0v) is 18.4. The van der Waals surface area contributed by atoms with Crippen LogP contribution >= 0.6 is 0 Å². The lowest BCUT2D eigenvalue weighted by Crippen LogP contribution is -2.42. The number of fused-ring (bicyclic) bond motifs is 1. The Morgan fingerprint density at radius 3 is 2.35 bits per heavy atom. The van der Waals surface area contributed by atoms with E-state index in [1.807, 2.05) is 36.4 Å². The van der Waals surface area contributed by atoms with E-state index in [9.17, 15) is 22.8 Å². The number of aromatic nitrogens is 3. The molecule has 3 heterocycles. The van der Waals surface area contributed by atoms with Gasteiger partial charge in [-0.25, -0.2) is 4.52 Å². The second kappa shape index (κ2) is 8.73. The molecule has 0 radical (unpaired) electrons. The lowest BCUT2D eigenvalue weighted by atomic mass is 9.96. The molecular formula is C24H24F3N5O2. The summed E-state index contributed by atoms with van der Waals surface area (Å²) in [5, 5.41) is 7.19. The van der Waals surface area contributed by atoms with Gasteiger partial charge in [-0.3, -0.25) is 14.9 Å². The fraction of sp³-hybridized carbons (Fsp3) is 0.417. The Morgan fingerprint density at radius 2 is 1.71 bits per heavy atom. The van der Waals surface area contributed by atoms with Crippen LogP contribution in [0.1, 0.15) is 31.2 Å². The van der Waals surface area contributed by atoms with Gasteiger partial charge in [0.1, 0.15) is 0 Å². The molecule has 2 aromatic heterocycles. The van der Waals surface area contributed by atoms with Crippen LogP contribution in [0.15, 0.2) is 42.5 Å². The highest BCUT2D eigenvalue weighted by Crippen LogP contribution is 2.34. The number of carbonyl (C=O) groups is 2. The molecule has 1 aliphatic carbocycles. The van der Waals surface area contributed by atoms with Gasteiger partial charge >= 0.3 is 6.18 Å². The standard InChI is InChI=1S/C24H24F3N5O2/c25-24(26,27)18-10-12-31(13-11-18)21(33)14-15-4-6-16(7-5-15)19-2-1-3-20-28-23(30-32(19)20)29-22(34)17-8-9-17/h1-7,17-18H,8-14H2,(H,29,30,34). The second-order valence-electron chi connectivity index (χ2n) is 8.95. The summed E-state index contributed by atoms with van der Waals surface area (Å²) in [6.45, 7) is 0.268. The molecule has 1 saturated heterocycles. The van der Waals surface area contributed by atoms with Crippen molar-refractivity contribution < 1.29 is 22.8 Å². The molecule has 3 aromatic rings. The van der Waals surface area contributed by atoms with Crippen LogP contribution in [-0.2, 0) is 16.0 Å². The van der Waals surface area contributed by atoms with E-state index >= 15 is 0 Å². The van der Waals surface area contributed by atoms with E-state index < -0.39 is 12.1 Å². The van der Waals surface area contributed by atoms with E-state index in [0.29, 0.717) is 5.65 Å². The summed E-state index contributed by atoms with van der Waals surface area (Å²) < 4.78 is 40.2. The summed E-state index contributed by atoms with van der Waals surface area (Å²) in [6.07, 6.45) is -2.35. The Morgan fingerprint density at radius 1 is 1.00 bits per heavy atom. The lowest BCUT2D eigenvalue weighted by Gasteiger charge is -2.33. The van der Waals surface area contributed by atoms with E-state index in [4.69, 9.17) is 0 Å². The minimum absolute atomic E-state index is 0.0425. The van der Waals surface area contributed by atoms with E-state index in [1.165, 1.54) is 4.90 Å². The number of halogens is 3. The third kappa shape index (κ3) is 4.76. The monoisotopic (exact) mass is 471 g/mol. The first kappa shape index (κ1) is 22.4. The Hall–Kier alpha value is -3.43. The minimum Gasteiger partial charge on any atom is -0.342 e. The molecule has 34 heavy (non-hydrogen) atoms. The van der Waals surface area contributed by atoms with Crippen molar-refractivity contribution in [2.45, 2.75) is 38.3 Å². The average Bonchev–Trinajstić information content (AvgIpc) is 3.59. The molecular weight excluding hydrogens is 447 g/mol. The van der Waals surface area contributed by atoms with Gasteiger partial charge in [0.05, 0.1) is 18.0 Å². The third-order valence-electron chi connectivity index (χ3n) is 6.46. The van der Waals surface area contributed by atoms with Crippen LogP contribution in [0.2, 0.25) is 0 Å². The van der Waals surface area contributed by atoms with Gasteiger partial charge < -0.3 is 4.90 Å². The van der Waals surface area contributed by atoms with Crippen LogP contribution in [0.4, 0.5) is 19.1 Å². The summed E-state index contributed by atoms with van der Waals surface area (Å²) in [4.78, 5) is 30.5.